The van der Waals surface area contributed by atoms with Crippen molar-refractivity contribution in [2.24, 2.45) is 11.3 Å². The second-order valence-electron chi connectivity index (χ2n) is 6.17. The molecule has 0 bridgehead atoms. The zero-order valence-corrected chi connectivity index (χ0v) is 12.0. The molecule has 0 radical (unpaired) electrons. The van der Waals surface area contributed by atoms with Gasteiger partial charge in [-0.1, -0.05) is 13.8 Å². The summed E-state index contributed by atoms with van der Waals surface area (Å²) in [5, 5.41) is 3.36. The number of amides is 1. The predicted molar refractivity (Wildman–Crippen MR) is 74.4 cm³/mol. The van der Waals surface area contributed by atoms with Crippen LogP contribution in [-0.4, -0.2) is 37.0 Å². The van der Waals surface area contributed by atoms with Crippen molar-refractivity contribution in [3.8, 4) is 0 Å². The van der Waals surface area contributed by atoms with Crippen LogP contribution in [0.1, 0.15) is 52.4 Å². The van der Waals surface area contributed by atoms with E-state index in [4.69, 9.17) is 0 Å². The van der Waals surface area contributed by atoms with Crippen LogP contribution in [-0.2, 0) is 4.79 Å². The van der Waals surface area contributed by atoms with Crippen LogP contribution in [0.15, 0.2) is 0 Å². The van der Waals surface area contributed by atoms with Gasteiger partial charge >= 0.3 is 0 Å². The minimum absolute atomic E-state index is 0.408. The molecule has 2 rings (SSSR count). The Bertz CT molecular complexity index is 280. The quantitative estimate of drug-likeness (QED) is 0.833. The molecule has 1 N–H and O–H groups in total. The van der Waals surface area contributed by atoms with Crippen LogP contribution in [0.5, 0.6) is 0 Å². The van der Waals surface area contributed by atoms with Crippen LogP contribution in [0.4, 0.5) is 0 Å². The molecule has 0 aromatic carbocycles. The average Bonchev–Trinajstić information content (AvgIpc) is 2.85. The van der Waals surface area contributed by atoms with E-state index in [2.05, 4.69) is 24.1 Å². The number of nitrogens with one attached hydrogen (secondary N) is 1. The number of hydrogen-bond donors (Lipinski definition) is 1. The van der Waals surface area contributed by atoms with Crippen LogP contribution in [0.25, 0.3) is 0 Å². The number of hydrogen-bond acceptors (Lipinski definition) is 2. The minimum Gasteiger partial charge on any atom is -0.342 e. The van der Waals surface area contributed by atoms with Gasteiger partial charge in [0.25, 0.3) is 0 Å². The molecule has 3 nitrogen and oxygen atoms in total. The fourth-order valence-corrected chi connectivity index (χ4v) is 3.44. The van der Waals surface area contributed by atoms with Crippen molar-refractivity contribution in [3.63, 3.8) is 0 Å². The lowest BCUT2D eigenvalue weighted by Gasteiger charge is -2.28. The standard InChI is InChI=1S/C15H28N2O/c1-3-15(4-2)7-10-17(12-15)14(18)11-13-5-8-16-9-6-13/h13,16H,3-12H2,1-2H3. The third-order valence-corrected chi connectivity index (χ3v) is 5.21. The van der Waals surface area contributed by atoms with Gasteiger partial charge in [-0.15, -0.1) is 0 Å². The summed E-state index contributed by atoms with van der Waals surface area (Å²) in [7, 11) is 0. The highest BCUT2D eigenvalue weighted by Gasteiger charge is 2.37. The van der Waals surface area contributed by atoms with Gasteiger partial charge < -0.3 is 10.2 Å². The lowest BCUT2D eigenvalue weighted by molar-refractivity contribution is -0.131. The Morgan fingerprint density at radius 3 is 2.50 bits per heavy atom. The number of carbonyl (C=O) groups excluding carboxylic acids is 1. The summed E-state index contributed by atoms with van der Waals surface area (Å²) in [6.07, 6.45) is 6.75. The van der Waals surface area contributed by atoms with E-state index in [0.29, 0.717) is 17.2 Å². The maximum absolute atomic E-state index is 12.3. The Balaban J connectivity index is 1.83. The van der Waals surface area contributed by atoms with E-state index in [1.807, 2.05) is 0 Å². The van der Waals surface area contributed by atoms with Gasteiger partial charge in [0.15, 0.2) is 0 Å². The summed E-state index contributed by atoms with van der Waals surface area (Å²) in [4.78, 5) is 14.5. The molecule has 2 heterocycles. The highest BCUT2D eigenvalue weighted by Crippen LogP contribution is 2.37. The van der Waals surface area contributed by atoms with Crippen molar-refractivity contribution >= 4 is 5.91 Å². The summed E-state index contributed by atoms with van der Waals surface area (Å²) in [6.45, 7) is 8.71. The van der Waals surface area contributed by atoms with Crippen molar-refractivity contribution < 1.29 is 4.79 Å². The molecule has 3 heteroatoms. The number of piperidine rings is 1. The minimum atomic E-state index is 0.408. The number of nitrogens with zero attached hydrogens (tertiary/aromatic N) is 1. The molecule has 0 saturated carbocycles. The van der Waals surface area contributed by atoms with Gasteiger partial charge in [-0.2, -0.15) is 0 Å². The number of rotatable bonds is 4. The SMILES string of the molecule is CCC1(CC)CCN(C(=O)CC2CCNCC2)C1. The van der Waals surface area contributed by atoms with Gasteiger partial charge in [0.1, 0.15) is 0 Å². The first-order chi connectivity index (χ1) is 8.69. The van der Waals surface area contributed by atoms with Gasteiger partial charge in [0.05, 0.1) is 0 Å². The second-order valence-corrected chi connectivity index (χ2v) is 6.17. The maximum atomic E-state index is 12.3. The molecule has 0 atom stereocenters. The van der Waals surface area contributed by atoms with Crippen molar-refractivity contribution in [1.82, 2.24) is 10.2 Å². The summed E-state index contributed by atoms with van der Waals surface area (Å²) in [5.41, 5.74) is 0.420. The zero-order chi connectivity index (χ0) is 13.0. The van der Waals surface area contributed by atoms with Gasteiger partial charge in [0, 0.05) is 19.5 Å². The third kappa shape index (κ3) is 3.05. The molecular formula is C15H28N2O. The Morgan fingerprint density at radius 1 is 1.28 bits per heavy atom. The fourth-order valence-electron chi connectivity index (χ4n) is 3.44. The van der Waals surface area contributed by atoms with Crippen LogP contribution >= 0.6 is 0 Å². The maximum Gasteiger partial charge on any atom is 0.222 e. The van der Waals surface area contributed by atoms with Crippen molar-refractivity contribution in [1.29, 1.82) is 0 Å². The molecule has 18 heavy (non-hydrogen) atoms. The molecule has 0 aromatic rings. The predicted octanol–water partition coefficient (Wildman–Crippen LogP) is 2.41. The Hall–Kier alpha value is -0.570. The summed E-state index contributed by atoms with van der Waals surface area (Å²) in [6, 6.07) is 0. The van der Waals surface area contributed by atoms with E-state index in [9.17, 15) is 4.79 Å². The average molecular weight is 252 g/mol. The topological polar surface area (TPSA) is 32.3 Å². The molecule has 2 saturated heterocycles. The smallest absolute Gasteiger partial charge is 0.222 e. The molecule has 2 fully saturated rings. The van der Waals surface area contributed by atoms with Crippen molar-refractivity contribution in [3.05, 3.63) is 0 Å². The third-order valence-electron chi connectivity index (χ3n) is 5.21. The second kappa shape index (κ2) is 6.05. The molecule has 104 valence electrons. The van der Waals surface area contributed by atoms with Gasteiger partial charge in [-0.05, 0) is 56.5 Å². The molecule has 0 aromatic heterocycles. The molecular weight excluding hydrogens is 224 g/mol. The molecule has 0 aliphatic carbocycles. The molecule has 2 aliphatic heterocycles. The van der Waals surface area contributed by atoms with E-state index >= 15 is 0 Å². The number of likely N-dealkylation sites (tertiary alicyclic amines) is 1. The fraction of sp³-hybridized carbons (Fsp3) is 0.933. The first-order valence-corrected chi connectivity index (χ1v) is 7.67. The van der Waals surface area contributed by atoms with Gasteiger partial charge in [-0.3, -0.25) is 4.79 Å². The van der Waals surface area contributed by atoms with Crippen LogP contribution in [0.3, 0.4) is 0 Å². The Labute approximate surface area is 111 Å². The van der Waals surface area contributed by atoms with E-state index in [0.717, 1.165) is 32.6 Å². The monoisotopic (exact) mass is 252 g/mol. The van der Waals surface area contributed by atoms with E-state index in [1.54, 1.807) is 0 Å². The van der Waals surface area contributed by atoms with E-state index in [1.165, 1.54) is 32.1 Å². The van der Waals surface area contributed by atoms with Crippen LogP contribution in [0, 0.1) is 11.3 Å². The Kier molecular flexibility index (Phi) is 4.66. The first-order valence-electron chi connectivity index (χ1n) is 7.67. The van der Waals surface area contributed by atoms with Crippen LogP contribution < -0.4 is 5.32 Å². The first kappa shape index (κ1) is 13.9. The van der Waals surface area contributed by atoms with E-state index < -0.39 is 0 Å². The molecule has 0 unspecified atom stereocenters. The van der Waals surface area contributed by atoms with Crippen molar-refractivity contribution in [2.75, 3.05) is 26.2 Å². The summed E-state index contributed by atoms with van der Waals surface area (Å²) < 4.78 is 0. The van der Waals surface area contributed by atoms with Crippen LogP contribution in [0.2, 0.25) is 0 Å². The number of carbonyl (C=O) groups is 1. The summed E-state index contributed by atoms with van der Waals surface area (Å²) in [5.74, 6) is 1.03. The lowest BCUT2D eigenvalue weighted by atomic mass is 9.82. The Morgan fingerprint density at radius 2 is 1.94 bits per heavy atom. The highest BCUT2D eigenvalue weighted by atomic mass is 16.2. The van der Waals surface area contributed by atoms with Gasteiger partial charge in [0.2, 0.25) is 5.91 Å². The van der Waals surface area contributed by atoms with Gasteiger partial charge in [-0.25, -0.2) is 0 Å². The zero-order valence-electron chi connectivity index (χ0n) is 12.0. The normalized spacial score (nSPS) is 24.4. The molecule has 1 amide bonds. The highest BCUT2D eigenvalue weighted by molar-refractivity contribution is 5.76. The summed E-state index contributed by atoms with van der Waals surface area (Å²) >= 11 is 0. The molecule has 0 spiro atoms. The van der Waals surface area contributed by atoms with E-state index in [-0.39, 0.29) is 0 Å². The van der Waals surface area contributed by atoms with Crippen molar-refractivity contribution in [2.45, 2.75) is 52.4 Å². The lowest BCUT2D eigenvalue weighted by Crippen LogP contribution is -2.35. The molecule has 2 aliphatic rings. The largest absolute Gasteiger partial charge is 0.342 e.